The van der Waals surface area contributed by atoms with Gasteiger partial charge in [0, 0.05) is 23.2 Å². The van der Waals surface area contributed by atoms with Crippen LogP contribution < -0.4 is 5.69 Å². The fourth-order valence-electron chi connectivity index (χ4n) is 3.25. The number of thioether (sulfide) groups is 1. The highest BCUT2D eigenvalue weighted by Crippen LogP contribution is 2.31. The molecule has 0 bridgehead atoms. The quantitative estimate of drug-likeness (QED) is 0.511. The van der Waals surface area contributed by atoms with Crippen LogP contribution in [-0.4, -0.2) is 14.5 Å². The Morgan fingerprint density at radius 3 is 2.73 bits per heavy atom. The molecule has 0 radical (unpaired) electrons. The van der Waals surface area contributed by atoms with Gasteiger partial charge < -0.3 is 0 Å². The van der Waals surface area contributed by atoms with Gasteiger partial charge in [-0.2, -0.15) is 4.98 Å². The van der Waals surface area contributed by atoms with Gasteiger partial charge >= 0.3 is 5.69 Å². The molecule has 0 fully saturated rings. The number of pyridine rings is 1. The van der Waals surface area contributed by atoms with Gasteiger partial charge in [0.15, 0.2) is 0 Å². The van der Waals surface area contributed by atoms with Crippen LogP contribution in [0.15, 0.2) is 58.5 Å². The van der Waals surface area contributed by atoms with E-state index in [-0.39, 0.29) is 11.5 Å². The van der Waals surface area contributed by atoms with Crippen molar-refractivity contribution >= 4 is 11.8 Å². The Labute approximate surface area is 155 Å². The molecule has 0 spiro atoms. The summed E-state index contributed by atoms with van der Waals surface area (Å²) in [5.41, 5.74) is 3.91. The summed E-state index contributed by atoms with van der Waals surface area (Å²) >= 11 is 1.55. The van der Waals surface area contributed by atoms with Crippen molar-refractivity contribution in [3.8, 4) is 0 Å². The minimum Gasteiger partial charge on any atom is -0.290 e. The molecule has 132 valence electrons. The molecule has 0 amide bonds. The highest BCUT2D eigenvalue weighted by Gasteiger charge is 2.22. The normalized spacial score (nSPS) is 13.0. The second-order valence-electron chi connectivity index (χ2n) is 6.30. The lowest BCUT2D eigenvalue weighted by atomic mass is 10.2. The molecule has 2 heterocycles. The minimum absolute atomic E-state index is 0.224. The van der Waals surface area contributed by atoms with E-state index < -0.39 is 0 Å². The largest absolute Gasteiger partial charge is 0.349 e. The van der Waals surface area contributed by atoms with E-state index in [4.69, 9.17) is 0 Å². The highest BCUT2D eigenvalue weighted by molar-refractivity contribution is 7.98. The number of nitrogens with zero attached hydrogens (tertiary/aromatic N) is 3. The Kier molecular flexibility index (Phi) is 4.84. The average Bonchev–Trinajstić information content (AvgIpc) is 3.15. The summed E-state index contributed by atoms with van der Waals surface area (Å²) in [6.07, 6.45) is 4.61. The molecule has 3 aromatic rings. The van der Waals surface area contributed by atoms with E-state index >= 15 is 0 Å². The molecular formula is C20H18FN3OS. The third-order valence-electron chi connectivity index (χ3n) is 4.54. The lowest BCUT2D eigenvalue weighted by Gasteiger charge is -2.14. The lowest BCUT2D eigenvalue weighted by Crippen LogP contribution is -2.28. The maximum absolute atomic E-state index is 13.0. The lowest BCUT2D eigenvalue weighted by molar-refractivity contribution is 0.627. The molecule has 26 heavy (non-hydrogen) atoms. The molecule has 0 saturated carbocycles. The summed E-state index contributed by atoms with van der Waals surface area (Å²) in [6, 6.07) is 12.2. The molecule has 0 atom stereocenters. The third kappa shape index (κ3) is 3.55. The molecule has 0 N–H and O–H groups in total. The summed E-state index contributed by atoms with van der Waals surface area (Å²) in [5, 5.41) is 0.809. The van der Waals surface area contributed by atoms with Crippen molar-refractivity contribution in [2.45, 2.75) is 36.6 Å². The fraction of sp³-hybridized carbons (Fsp3) is 0.250. The van der Waals surface area contributed by atoms with Crippen LogP contribution in [0, 0.1) is 5.82 Å². The van der Waals surface area contributed by atoms with Gasteiger partial charge in [-0.25, -0.2) is 9.18 Å². The summed E-state index contributed by atoms with van der Waals surface area (Å²) in [7, 11) is 0. The number of benzene rings is 1. The first-order chi connectivity index (χ1) is 12.7. The first kappa shape index (κ1) is 17.0. The fourth-order valence-corrected chi connectivity index (χ4v) is 4.29. The second-order valence-corrected chi connectivity index (χ2v) is 7.26. The van der Waals surface area contributed by atoms with Crippen LogP contribution in [-0.2, 0) is 25.1 Å². The summed E-state index contributed by atoms with van der Waals surface area (Å²) in [6.45, 7) is 0.456. The molecule has 0 unspecified atom stereocenters. The van der Waals surface area contributed by atoms with E-state index in [0.29, 0.717) is 12.3 Å². The van der Waals surface area contributed by atoms with Gasteiger partial charge in [0.1, 0.15) is 10.8 Å². The Morgan fingerprint density at radius 1 is 1.12 bits per heavy atom. The number of halogens is 1. The first-order valence-corrected chi connectivity index (χ1v) is 9.59. The zero-order valence-corrected chi connectivity index (χ0v) is 15.0. The van der Waals surface area contributed by atoms with Gasteiger partial charge in [-0.15, -0.1) is 11.8 Å². The monoisotopic (exact) mass is 367 g/mol. The Bertz CT molecular complexity index is 971. The SMILES string of the molecule is O=c1nc(SCc2ccc(F)cc2)c2c(n1Cc1ccccn1)CCC2. The average molecular weight is 367 g/mol. The maximum Gasteiger partial charge on any atom is 0.349 e. The molecule has 1 aliphatic carbocycles. The summed E-state index contributed by atoms with van der Waals surface area (Å²) < 4.78 is 14.8. The van der Waals surface area contributed by atoms with E-state index in [1.807, 2.05) is 18.2 Å². The second kappa shape index (κ2) is 7.41. The number of fused-ring (bicyclic) bond motifs is 1. The van der Waals surface area contributed by atoms with Crippen molar-refractivity contribution in [3.05, 3.63) is 87.5 Å². The van der Waals surface area contributed by atoms with Gasteiger partial charge in [-0.05, 0) is 49.1 Å². The Balaban J connectivity index is 1.61. The molecule has 2 aromatic heterocycles. The van der Waals surface area contributed by atoms with E-state index in [1.54, 1.807) is 34.7 Å². The van der Waals surface area contributed by atoms with Crippen molar-refractivity contribution in [2.75, 3.05) is 0 Å². The smallest absolute Gasteiger partial charge is 0.290 e. The summed E-state index contributed by atoms with van der Waals surface area (Å²) in [5.74, 6) is 0.429. The van der Waals surface area contributed by atoms with E-state index in [9.17, 15) is 9.18 Å². The molecule has 4 rings (SSSR count). The van der Waals surface area contributed by atoms with Gasteiger partial charge in [0.25, 0.3) is 0 Å². The zero-order chi connectivity index (χ0) is 17.9. The van der Waals surface area contributed by atoms with Crippen molar-refractivity contribution in [3.63, 3.8) is 0 Å². The van der Waals surface area contributed by atoms with Gasteiger partial charge in [-0.1, -0.05) is 18.2 Å². The Morgan fingerprint density at radius 2 is 1.96 bits per heavy atom. The van der Waals surface area contributed by atoms with Crippen molar-refractivity contribution in [1.29, 1.82) is 0 Å². The zero-order valence-electron chi connectivity index (χ0n) is 14.2. The number of hydrogen-bond donors (Lipinski definition) is 0. The van der Waals surface area contributed by atoms with Gasteiger partial charge in [0.2, 0.25) is 0 Å². The molecule has 6 heteroatoms. The van der Waals surface area contributed by atoms with Crippen LogP contribution in [0.4, 0.5) is 4.39 Å². The van der Waals surface area contributed by atoms with Crippen LogP contribution in [0.5, 0.6) is 0 Å². The van der Waals surface area contributed by atoms with E-state index in [0.717, 1.165) is 41.2 Å². The molecular weight excluding hydrogens is 349 g/mol. The van der Waals surface area contributed by atoms with Crippen molar-refractivity contribution in [2.24, 2.45) is 0 Å². The van der Waals surface area contributed by atoms with Crippen LogP contribution in [0.1, 0.15) is 28.9 Å². The molecule has 4 nitrogen and oxygen atoms in total. The van der Waals surface area contributed by atoms with E-state index in [2.05, 4.69) is 9.97 Å². The molecule has 1 aliphatic rings. The maximum atomic E-state index is 13.0. The number of hydrogen-bond acceptors (Lipinski definition) is 4. The van der Waals surface area contributed by atoms with Crippen LogP contribution in [0.3, 0.4) is 0 Å². The standard InChI is InChI=1S/C20H18FN3OS/c21-15-9-7-14(8-10-15)13-26-19-17-5-3-6-18(17)24(20(25)23-19)12-16-4-1-2-11-22-16/h1-2,4,7-11H,3,5-6,12-13H2. The number of aromatic nitrogens is 3. The topological polar surface area (TPSA) is 47.8 Å². The third-order valence-corrected chi connectivity index (χ3v) is 5.62. The first-order valence-electron chi connectivity index (χ1n) is 8.60. The van der Waals surface area contributed by atoms with Gasteiger partial charge in [-0.3, -0.25) is 9.55 Å². The molecule has 1 aromatic carbocycles. The molecule has 0 aliphatic heterocycles. The minimum atomic E-state index is -0.241. The van der Waals surface area contributed by atoms with Crippen molar-refractivity contribution < 1.29 is 4.39 Å². The predicted octanol–water partition coefficient (Wildman–Crippen LogP) is 3.61. The highest BCUT2D eigenvalue weighted by atomic mass is 32.2. The Hall–Kier alpha value is -2.47. The van der Waals surface area contributed by atoms with Crippen LogP contribution in [0.2, 0.25) is 0 Å². The molecule has 0 saturated heterocycles. The van der Waals surface area contributed by atoms with Crippen LogP contribution in [0.25, 0.3) is 0 Å². The predicted molar refractivity (Wildman–Crippen MR) is 99.8 cm³/mol. The van der Waals surface area contributed by atoms with Gasteiger partial charge in [0.05, 0.1) is 12.2 Å². The van der Waals surface area contributed by atoms with Crippen molar-refractivity contribution in [1.82, 2.24) is 14.5 Å². The summed E-state index contributed by atoms with van der Waals surface area (Å²) in [4.78, 5) is 21.3. The number of rotatable bonds is 5. The van der Waals surface area contributed by atoms with Crippen LogP contribution >= 0.6 is 11.8 Å². The van der Waals surface area contributed by atoms with E-state index in [1.165, 1.54) is 17.7 Å².